The minimum atomic E-state index is -0.326. The van der Waals surface area contributed by atoms with Crippen LogP contribution < -0.4 is 10.6 Å². The van der Waals surface area contributed by atoms with Gasteiger partial charge >= 0.3 is 0 Å². The van der Waals surface area contributed by atoms with Crippen LogP contribution in [0.15, 0.2) is 48.7 Å². The number of aromatic nitrogens is 1. The van der Waals surface area contributed by atoms with Crippen molar-refractivity contribution >= 4 is 39.8 Å². The van der Waals surface area contributed by atoms with Crippen LogP contribution >= 0.6 is 11.6 Å². The molecule has 0 aliphatic heterocycles. The highest BCUT2D eigenvalue weighted by Gasteiger charge is 2.08. The van der Waals surface area contributed by atoms with E-state index >= 15 is 0 Å². The van der Waals surface area contributed by atoms with E-state index in [1.54, 1.807) is 30.5 Å². The van der Waals surface area contributed by atoms with E-state index in [9.17, 15) is 9.18 Å². The first-order valence-corrected chi connectivity index (χ1v) is 8.25. The van der Waals surface area contributed by atoms with Crippen molar-refractivity contribution in [2.75, 3.05) is 17.2 Å². The van der Waals surface area contributed by atoms with Crippen LogP contribution in [-0.2, 0) is 4.79 Å². The first kappa shape index (κ1) is 17.2. The molecule has 0 unspecified atom stereocenters. The minimum Gasteiger partial charge on any atom is -0.384 e. The number of amides is 1. The number of benzene rings is 2. The number of carbonyl (C=O) groups is 1. The molecule has 25 heavy (non-hydrogen) atoms. The predicted octanol–water partition coefficient (Wildman–Crippen LogP) is 4.78. The minimum absolute atomic E-state index is 0.109. The van der Waals surface area contributed by atoms with E-state index in [1.807, 2.05) is 13.0 Å². The third-order valence-corrected chi connectivity index (χ3v) is 4.32. The first-order chi connectivity index (χ1) is 12.0. The van der Waals surface area contributed by atoms with E-state index in [4.69, 9.17) is 11.6 Å². The van der Waals surface area contributed by atoms with Crippen molar-refractivity contribution in [3.63, 3.8) is 0 Å². The van der Waals surface area contributed by atoms with Gasteiger partial charge in [-0.05, 0) is 42.8 Å². The third-order valence-electron chi connectivity index (χ3n) is 3.91. The molecule has 128 valence electrons. The maximum absolute atomic E-state index is 13.3. The molecule has 2 N–H and O–H groups in total. The van der Waals surface area contributed by atoms with Gasteiger partial charge in [0.25, 0.3) is 0 Å². The van der Waals surface area contributed by atoms with Gasteiger partial charge in [-0.25, -0.2) is 4.39 Å². The number of anilines is 2. The van der Waals surface area contributed by atoms with Gasteiger partial charge < -0.3 is 10.6 Å². The van der Waals surface area contributed by atoms with Gasteiger partial charge in [0.2, 0.25) is 5.91 Å². The predicted molar refractivity (Wildman–Crippen MR) is 99.6 cm³/mol. The summed E-state index contributed by atoms with van der Waals surface area (Å²) in [6, 6.07) is 11.7. The van der Waals surface area contributed by atoms with Gasteiger partial charge in [0, 0.05) is 47.0 Å². The number of carbonyl (C=O) groups excluding carboxylic acids is 1. The molecule has 0 fully saturated rings. The van der Waals surface area contributed by atoms with Crippen LogP contribution in [0.3, 0.4) is 0 Å². The Morgan fingerprint density at radius 2 is 2.04 bits per heavy atom. The van der Waals surface area contributed by atoms with Crippen LogP contribution in [0.5, 0.6) is 0 Å². The SMILES string of the molecule is Cc1c(Cl)cccc1NC(=O)CCNc1ccnc2cc(F)ccc12. The molecule has 0 saturated heterocycles. The molecule has 0 aliphatic carbocycles. The molecule has 0 radical (unpaired) electrons. The Balaban J connectivity index is 1.61. The third kappa shape index (κ3) is 4.06. The Labute approximate surface area is 150 Å². The smallest absolute Gasteiger partial charge is 0.226 e. The summed E-state index contributed by atoms with van der Waals surface area (Å²) in [5, 5.41) is 7.49. The average Bonchev–Trinajstić information content (AvgIpc) is 2.59. The molecule has 1 heterocycles. The lowest BCUT2D eigenvalue weighted by molar-refractivity contribution is -0.115. The zero-order valence-electron chi connectivity index (χ0n) is 13.6. The molecule has 0 spiro atoms. The molecular weight excluding hydrogens is 341 g/mol. The maximum atomic E-state index is 13.3. The van der Waals surface area contributed by atoms with Crippen molar-refractivity contribution in [2.24, 2.45) is 0 Å². The Morgan fingerprint density at radius 1 is 1.20 bits per heavy atom. The molecule has 6 heteroatoms. The van der Waals surface area contributed by atoms with Gasteiger partial charge in [-0.15, -0.1) is 0 Å². The summed E-state index contributed by atoms with van der Waals surface area (Å²) < 4.78 is 13.3. The fourth-order valence-corrected chi connectivity index (χ4v) is 2.72. The fraction of sp³-hybridized carbons (Fsp3) is 0.158. The Kier molecular flexibility index (Phi) is 5.14. The van der Waals surface area contributed by atoms with Crippen LogP contribution in [0.25, 0.3) is 10.9 Å². The van der Waals surface area contributed by atoms with E-state index in [0.29, 0.717) is 22.8 Å². The van der Waals surface area contributed by atoms with Crippen molar-refractivity contribution in [3.05, 3.63) is 65.1 Å². The topological polar surface area (TPSA) is 54.0 Å². The van der Waals surface area contributed by atoms with Crippen LogP contribution in [0.4, 0.5) is 15.8 Å². The molecule has 4 nitrogen and oxygen atoms in total. The monoisotopic (exact) mass is 357 g/mol. The van der Waals surface area contributed by atoms with Crippen molar-refractivity contribution < 1.29 is 9.18 Å². The van der Waals surface area contributed by atoms with Crippen molar-refractivity contribution in [3.8, 4) is 0 Å². The molecule has 0 aliphatic rings. The molecular formula is C19H17ClFN3O. The fourth-order valence-electron chi connectivity index (χ4n) is 2.54. The number of pyridine rings is 1. The van der Waals surface area contributed by atoms with Gasteiger partial charge in [-0.2, -0.15) is 0 Å². The molecule has 3 aromatic rings. The van der Waals surface area contributed by atoms with Gasteiger partial charge in [-0.1, -0.05) is 17.7 Å². The lowest BCUT2D eigenvalue weighted by atomic mass is 10.2. The number of nitrogens with zero attached hydrogens (tertiary/aromatic N) is 1. The summed E-state index contributed by atoms with van der Waals surface area (Å²) in [5.74, 6) is -0.435. The highest BCUT2D eigenvalue weighted by atomic mass is 35.5. The summed E-state index contributed by atoms with van der Waals surface area (Å²) in [6.07, 6.45) is 1.90. The normalized spacial score (nSPS) is 10.7. The lowest BCUT2D eigenvalue weighted by Gasteiger charge is -2.11. The second-order valence-electron chi connectivity index (χ2n) is 5.66. The summed E-state index contributed by atoms with van der Waals surface area (Å²) >= 11 is 6.05. The highest BCUT2D eigenvalue weighted by Crippen LogP contribution is 2.24. The van der Waals surface area contributed by atoms with Crippen LogP contribution in [0, 0.1) is 12.7 Å². The van der Waals surface area contributed by atoms with E-state index in [0.717, 1.165) is 16.6 Å². The summed E-state index contributed by atoms with van der Waals surface area (Å²) in [4.78, 5) is 16.3. The maximum Gasteiger partial charge on any atom is 0.226 e. The average molecular weight is 358 g/mol. The first-order valence-electron chi connectivity index (χ1n) is 7.88. The molecule has 0 atom stereocenters. The van der Waals surface area contributed by atoms with Crippen LogP contribution in [-0.4, -0.2) is 17.4 Å². The zero-order valence-corrected chi connectivity index (χ0v) is 14.4. The molecule has 3 rings (SSSR count). The number of rotatable bonds is 5. The van der Waals surface area contributed by atoms with Gasteiger partial charge in [0.1, 0.15) is 5.82 Å². The largest absolute Gasteiger partial charge is 0.384 e. The number of fused-ring (bicyclic) bond motifs is 1. The van der Waals surface area contributed by atoms with E-state index in [1.165, 1.54) is 12.1 Å². The highest BCUT2D eigenvalue weighted by molar-refractivity contribution is 6.31. The van der Waals surface area contributed by atoms with Gasteiger partial charge in [-0.3, -0.25) is 9.78 Å². The van der Waals surface area contributed by atoms with E-state index in [2.05, 4.69) is 15.6 Å². The van der Waals surface area contributed by atoms with Crippen LogP contribution in [0.2, 0.25) is 5.02 Å². The molecule has 2 aromatic carbocycles. The van der Waals surface area contributed by atoms with Crippen LogP contribution in [0.1, 0.15) is 12.0 Å². The molecule has 0 bridgehead atoms. The van der Waals surface area contributed by atoms with E-state index in [-0.39, 0.29) is 18.1 Å². The second-order valence-corrected chi connectivity index (χ2v) is 6.06. The lowest BCUT2D eigenvalue weighted by Crippen LogP contribution is -2.17. The molecule has 1 aromatic heterocycles. The second kappa shape index (κ2) is 7.49. The summed E-state index contributed by atoms with van der Waals surface area (Å²) in [6.45, 7) is 2.31. The summed E-state index contributed by atoms with van der Waals surface area (Å²) in [5.41, 5.74) is 2.94. The van der Waals surface area contributed by atoms with Gasteiger partial charge in [0.05, 0.1) is 5.52 Å². The molecule has 0 saturated carbocycles. The Bertz CT molecular complexity index is 930. The zero-order chi connectivity index (χ0) is 17.8. The number of nitrogens with one attached hydrogen (secondary N) is 2. The van der Waals surface area contributed by atoms with Crippen molar-refractivity contribution in [1.29, 1.82) is 0 Å². The standard InChI is InChI=1S/C19H17ClFN3O/c1-12-15(20)3-2-4-16(12)24-19(25)8-10-22-17-7-9-23-18-11-13(21)5-6-14(17)18/h2-7,9,11H,8,10H2,1H3,(H,22,23)(H,24,25). The van der Waals surface area contributed by atoms with Crippen molar-refractivity contribution in [1.82, 2.24) is 4.98 Å². The van der Waals surface area contributed by atoms with E-state index < -0.39 is 0 Å². The number of hydrogen-bond donors (Lipinski definition) is 2. The number of hydrogen-bond acceptors (Lipinski definition) is 3. The summed E-state index contributed by atoms with van der Waals surface area (Å²) in [7, 11) is 0. The van der Waals surface area contributed by atoms with Gasteiger partial charge in [0.15, 0.2) is 0 Å². The quantitative estimate of drug-likeness (QED) is 0.691. The Morgan fingerprint density at radius 3 is 2.88 bits per heavy atom. The molecule has 1 amide bonds. The Hall–Kier alpha value is -2.66. The number of halogens is 2. The van der Waals surface area contributed by atoms with Crippen molar-refractivity contribution in [2.45, 2.75) is 13.3 Å².